The van der Waals surface area contributed by atoms with Gasteiger partial charge in [0, 0.05) is 12.1 Å². The molecule has 94 valence electrons. The number of nitrogens with zero attached hydrogens (tertiary/aromatic N) is 1. The average Bonchev–Trinajstić information content (AvgIpc) is 2.78. The van der Waals surface area contributed by atoms with Crippen LogP contribution in [0.1, 0.15) is 45.2 Å². The summed E-state index contributed by atoms with van der Waals surface area (Å²) in [5, 5.41) is 3.00. The van der Waals surface area contributed by atoms with Crippen molar-refractivity contribution in [3.05, 3.63) is 18.2 Å². The Balaban J connectivity index is 1.90. The van der Waals surface area contributed by atoms with Crippen molar-refractivity contribution in [2.24, 2.45) is 11.3 Å². The third-order valence-corrected chi connectivity index (χ3v) is 3.83. The fourth-order valence-corrected chi connectivity index (χ4v) is 2.67. The molecule has 1 aromatic rings. The summed E-state index contributed by atoms with van der Waals surface area (Å²) in [4.78, 5) is 19.1. The number of aromatic nitrogens is 2. The molecule has 1 atom stereocenters. The van der Waals surface area contributed by atoms with Crippen LogP contribution in [0.5, 0.6) is 0 Å². The molecule has 1 aliphatic carbocycles. The lowest BCUT2D eigenvalue weighted by Crippen LogP contribution is -2.40. The van der Waals surface area contributed by atoms with Crippen LogP contribution in [0.3, 0.4) is 0 Å². The highest BCUT2D eigenvalue weighted by Gasteiger charge is 2.36. The number of hydrogen-bond acceptors (Lipinski definition) is 2. The van der Waals surface area contributed by atoms with E-state index in [-0.39, 0.29) is 17.2 Å². The van der Waals surface area contributed by atoms with Crippen molar-refractivity contribution in [3.8, 4) is 0 Å². The first-order chi connectivity index (χ1) is 8.09. The van der Waals surface area contributed by atoms with E-state index in [1.807, 2.05) is 0 Å². The van der Waals surface area contributed by atoms with E-state index in [9.17, 15) is 4.79 Å². The summed E-state index contributed by atoms with van der Waals surface area (Å²) in [5.74, 6) is 0.337. The summed E-state index contributed by atoms with van der Waals surface area (Å²) in [6, 6.07) is 0. The van der Waals surface area contributed by atoms with Gasteiger partial charge in [-0.15, -0.1) is 0 Å². The van der Waals surface area contributed by atoms with Crippen LogP contribution in [0, 0.1) is 11.3 Å². The van der Waals surface area contributed by atoms with Gasteiger partial charge in [0.05, 0.1) is 18.6 Å². The highest BCUT2D eigenvalue weighted by Crippen LogP contribution is 2.40. The van der Waals surface area contributed by atoms with Crippen molar-refractivity contribution >= 4 is 5.91 Å². The van der Waals surface area contributed by atoms with Gasteiger partial charge in [-0.05, 0) is 18.3 Å². The Bertz CT molecular complexity index is 370. The molecule has 0 aromatic carbocycles. The highest BCUT2D eigenvalue weighted by molar-refractivity contribution is 5.79. The molecule has 2 N–H and O–H groups in total. The number of H-pyrrole nitrogens is 1. The number of aromatic amines is 1. The zero-order valence-corrected chi connectivity index (χ0v) is 10.6. The molecular weight excluding hydrogens is 214 g/mol. The topological polar surface area (TPSA) is 57.8 Å². The van der Waals surface area contributed by atoms with Gasteiger partial charge < -0.3 is 10.3 Å². The summed E-state index contributed by atoms with van der Waals surface area (Å²) in [6.45, 7) is 4.95. The lowest BCUT2D eigenvalue weighted by molar-refractivity contribution is -0.130. The van der Waals surface area contributed by atoms with Gasteiger partial charge in [0.2, 0.25) is 5.91 Å². The predicted molar refractivity (Wildman–Crippen MR) is 66.2 cm³/mol. The Kier molecular flexibility index (Phi) is 3.50. The Morgan fingerprint density at radius 1 is 1.59 bits per heavy atom. The Morgan fingerprint density at radius 2 is 2.41 bits per heavy atom. The van der Waals surface area contributed by atoms with Gasteiger partial charge in [-0.2, -0.15) is 0 Å². The Morgan fingerprint density at radius 3 is 3.06 bits per heavy atom. The normalized spacial score (nSPS) is 23.3. The molecule has 4 nitrogen and oxygen atoms in total. The smallest absolute Gasteiger partial charge is 0.223 e. The van der Waals surface area contributed by atoms with Crippen LogP contribution in [0.4, 0.5) is 0 Å². The summed E-state index contributed by atoms with van der Waals surface area (Å²) in [7, 11) is 0. The predicted octanol–water partition coefficient (Wildman–Crippen LogP) is 2.24. The summed E-state index contributed by atoms with van der Waals surface area (Å²) in [5.41, 5.74) is 1.09. The molecule has 1 aromatic heterocycles. The van der Waals surface area contributed by atoms with Crippen LogP contribution in [0.15, 0.2) is 12.5 Å². The maximum Gasteiger partial charge on any atom is 0.223 e. The molecular formula is C13H21N3O. The average molecular weight is 235 g/mol. The molecule has 0 saturated heterocycles. The van der Waals surface area contributed by atoms with Crippen LogP contribution >= 0.6 is 0 Å². The maximum absolute atomic E-state index is 12.2. The molecule has 0 bridgehead atoms. The van der Waals surface area contributed by atoms with Crippen molar-refractivity contribution < 1.29 is 4.79 Å². The van der Waals surface area contributed by atoms with Crippen molar-refractivity contribution in [1.29, 1.82) is 0 Å². The molecule has 1 amide bonds. The maximum atomic E-state index is 12.2. The van der Waals surface area contributed by atoms with Gasteiger partial charge in [0.25, 0.3) is 0 Å². The summed E-state index contributed by atoms with van der Waals surface area (Å²) < 4.78 is 0. The number of rotatable bonds is 3. The van der Waals surface area contributed by atoms with Gasteiger partial charge >= 0.3 is 0 Å². The van der Waals surface area contributed by atoms with Crippen LogP contribution < -0.4 is 5.32 Å². The third kappa shape index (κ3) is 2.87. The molecule has 1 unspecified atom stereocenters. The molecule has 1 saturated carbocycles. The van der Waals surface area contributed by atoms with Crippen molar-refractivity contribution in [2.75, 3.05) is 0 Å². The standard InChI is InChI=1S/C13H21N3O/c1-13(2)6-4-3-5-11(13)12(17)15-8-10-7-14-9-16-10/h7,9,11H,3-6,8H2,1-2H3,(H,14,16)(H,15,17). The summed E-state index contributed by atoms with van der Waals surface area (Å²) >= 11 is 0. The number of carbonyl (C=O) groups is 1. The minimum Gasteiger partial charge on any atom is -0.350 e. The molecule has 1 aliphatic rings. The molecule has 1 heterocycles. The monoisotopic (exact) mass is 235 g/mol. The second-order valence-corrected chi connectivity index (χ2v) is 5.58. The van der Waals surface area contributed by atoms with Crippen LogP contribution in [-0.4, -0.2) is 15.9 Å². The quantitative estimate of drug-likeness (QED) is 0.844. The third-order valence-electron chi connectivity index (χ3n) is 3.83. The van der Waals surface area contributed by atoms with Crippen molar-refractivity contribution in [1.82, 2.24) is 15.3 Å². The first-order valence-corrected chi connectivity index (χ1v) is 6.34. The second kappa shape index (κ2) is 4.90. The van der Waals surface area contributed by atoms with E-state index in [4.69, 9.17) is 0 Å². The molecule has 4 heteroatoms. The molecule has 0 spiro atoms. The van der Waals surface area contributed by atoms with Crippen LogP contribution in [-0.2, 0) is 11.3 Å². The highest BCUT2D eigenvalue weighted by atomic mass is 16.1. The van der Waals surface area contributed by atoms with Gasteiger partial charge in [-0.3, -0.25) is 4.79 Å². The largest absolute Gasteiger partial charge is 0.350 e. The van der Waals surface area contributed by atoms with Crippen LogP contribution in [0.2, 0.25) is 0 Å². The van der Waals surface area contributed by atoms with E-state index in [2.05, 4.69) is 29.1 Å². The molecule has 17 heavy (non-hydrogen) atoms. The van der Waals surface area contributed by atoms with Gasteiger partial charge in [0.1, 0.15) is 0 Å². The second-order valence-electron chi connectivity index (χ2n) is 5.58. The Hall–Kier alpha value is -1.32. The van der Waals surface area contributed by atoms with E-state index in [1.54, 1.807) is 12.5 Å². The Labute approximate surface area is 102 Å². The van der Waals surface area contributed by atoms with E-state index in [1.165, 1.54) is 12.8 Å². The minimum absolute atomic E-state index is 0.135. The number of imidazole rings is 1. The molecule has 0 aliphatic heterocycles. The fraction of sp³-hybridized carbons (Fsp3) is 0.692. The SMILES string of the molecule is CC1(C)CCCCC1C(=O)NCc1cnc[nH]1. The van der Waals surface area contributed by atoms with Gasteiger partial charge in [-0.25, -0.2) is 4.98 Å². The number of hydrogen-bond donors (Lipinski definition) is 2. The molecule has 1 fully saturated rings. The van der Waals surface area contributed by atoms with E-state index in [0.717, 1.165) is 18.5 Å². The van der Waals surface area contributed by atoms with E-state index >= 15 is 0 Å². The van der Waals surface area contributed by atoms with Gasteiger partial charge in [-0.1, -0.05) is 26.7 Å². The lowest BCUT2D eigenvalue weighted by atomic mass is 9.68. The zero-order valence-electron chi connectivity index (χ0n) is 10.6. The summed E-state index contributed by atoms with van der Waals surface area (Å²) in [6.07, 6.45) is 7.96. The van der Waals surface area contributed by atoms with Crippen molar-refractivity contribution in [2.45, 2.75) is 46.1 Å². The minimum atomic E-state index is 0.135. The zero-order chi connectivity index (χ0) is 12.3. The van der Waals surface area contributed by atoms with Crippen LogP contribution in [0.25, 0.3) is 0 Å². The molecule has 2 rings (SSSR count). The van der Waals surface area contributed by atoms with E-state index in [0.29, 0.717) is 6.54 Å². The fourth-order valence-electron chi connectivity index (χ4n) is 2.67. The van der Waals surface area contributed by atoms with Gasteiger partial charge in [0.15, 0.2) is 0 Å². The van der Waals surface area contributed by atoms with Crippen molar-refractivity contribution in [3.63, 3.8) is 0 Å². The number of carbonyl (C=O) groups excluding carboxylic acids is 1. The number of nitrogens with one attached hydrogen (secondary N) is 2. The van der Waals surface area contributed by atoms with E-state index < -0.39 is 0 Å². The number of amides is 1. The molecule has 0 radical (unpaired) electrons. The first kappa shape index (κ1) is 12.1. The lowest BCUT2D eigenvalue weighted by Gasteiger charge is -2.37. The first-order valence-electron chi connectivity index (χ1n) is 6.34.